The van der Waals surface area contributed by atoms with E-state index < -0.39 is 38.9 Å². The van der Waals surface area contributed by atoms with Crippen molar-refractivity contribution in [3.05, 3.63) is 0 Å². The van der Waals surface area contributed by atoms with Crippen LogP contribution in [0.2, 0.25) is 0 Å². The highest BCUT2D eigenvalue weighted by Crippen LogP contribution is 2.66. The minimum Gasteiger partial charge on any atom is -0.394 e. The topological polar surface area (TPSA) is 127 Å². The summed E-state index contributed by atoms with van der Waals surface area (Å²) in [6, 6.07) is 0. The van der Waals surface area contributed by atoms with Gasteiger partial charge in [-0.25, -0.2) is 4.31 Å². The maximum atomic E-state index is 8.47. The molecule has 25 heavy (non-hydrogen) atoms. The highest BCUT2D eigenvalue weighted by Gasteiger charge is 2.31. The van der Waals surface area contributed by atoms with E-state index in [1.54, 1.807) is 0 Å². The van der Waals surface area contributed by atoms with Gasteiger partial charge in [0.25, 0.3) is 0 Å². The summed E-state index contributed by atoms with van der Waals surface area (Å²) in [5, 5.41) is 33.2. The van der Waals surface area contributed by atoms with Gasteiger partial charge in [-0.3, -0.25) is 0 Å². The van der Waals surface area contributed by atoms with E-state index in [4.69, 9.17) is 66.4 Å². The molecule has 2 atom stereocenters. The summed E-state index contributed by atoms with van der Waals surface area (Å²) in [5.74, 6) is 0. The number of rotatable bonds is 13. The van der Waals surface area contributed by atoms with Crippen LogP contribution in [0.4, 0.5) is 0 Å². The molecule has 0 spiro atoms. The monoisotopic (exact) mass is 444 g/mol. The molecule has 0 radical (unpaired) electrons. The Labute approximate surface area is 159 Å². The molecular weight excluding hydrogens is 414 g/mol. The molecule has 0 fully saturated rings. The molecule has 0 unspecified atom stereocenters. The van der Waals surface area contributed by atoms with Gasteiger partial charge < -0.3 is 38.5 Å². The van der Waals surface area contributed by atoms with Gasteiger partial charge in [0.05, 0.1) is 39.6 Å². The third-order valence-corrected chi connectivity index (χ3v) is 8.53. The highest BCUT2D eigenvalue weighted by atomic mass is 32.5. The molecule has 0 rings (SSSR count). The molecule has 0 aliphatic carbocycles. The second-order valence-electron chi connectivity index (χ2n) is 4.15. The van der Waals surface area contributed by atoms with Crippen molar-refractivity contribution < 1.29 is 42.8 Å². The molecule has 0 aromatic rings. The van der Waals surface area contributed by atoms with Crippen LogP contribution in [0.3, 0.4) is 0 Å². The quantitative estimate of drug-likeness (QED) is 0.307. The molecule has 0 aliphatic rings. The molecule has 0 saturated heterocycles. The predicted molar refractivity (Wildman–Crippen MR) is 102 cm³/mol. The van der Waals surface area contributed by atoms with E-state index in [-0.39, 0.29) is 0 Å². The van der Waals surface area contributed by atoms with Crippen molar-refractivity contribution >= 4 is 37.1 Å². The number of hydrogen-bond donors (Lipinski definition) is 4. The van der Waals surface area contributed by atoms with Crippen molar-refractivity contribution in [1.29, 1.82) is 0 Å². The first-order valence-corrected chi connectivity index (χ1v) is 12.9. The van der Waals surface area contributed by atoms with Crippen LogP contribution in [0.15, 0.2) is 0 Å². The van der Waals surface area contributed by atoms with E-state index in [1.807, 2.05) is 27.7 Å². The third kappa shape index (κ3) is 13.7. The van der Waals surface area contributed by atoms with Gasteiger partial charge in [-0.2, -0.15) is 0 Å². The maximum absolute atomic E-state index is 8.47. The SMILES string of the molecule is CCOP(=S)(OCC)OP(=S)(OCC)OCC.OC[C@@H](O)[C@H](O)CO. The first-order valence-electron chi connectivity index (χ1n) is 7.74. The minimum atomic E-state index is -2.87. The molecule has 0 aromatic heterocycles. The molecule has 13 heteroatoms. The van der Waals surface area contributed by atoms with Crippen LogP contribution in [-0.2, 0) is 46.0 Å². The Balaban J connectivity index is 0. The van der Waals surface area contributed by atoms with E-state index in [1.165, 1.54) is 0 Å². The van der Waals surface area contributed by atoms with Crippen LogP contribution in [0.5, 0.6) is 0 Å². The van der Waals surface area contributed by atoms with Gasteiger partial charge in [-0.15, -0.1) is 0 Å². The Bertz CT molecular complexity index is 358. The average Bonchev–Trinajstić information content (AvgIpc) is 2.54. The van der Waals surface area contributed by atoms with Crippen LogP contribution in [0.25, 0.3) is 0 Å². The Hall–Kier alpha value is 0.940. The van der Waals surface area contributed by atoms with Gasteiger partial charge in [-0.1, -0.05) is 0 Å². The van der Waals surface area contributed by atoms with E-state index >= 15 is 0 Å². The highest BCUT2D eigenvalue weighted by molar-refractivity contribution is 8.14. The van der Waals surface area contributed by atoms with Crippen molar-refractivity contribution in [2.24, 2.45) is 0 Å². The molecule has 0 amide bonds. The van der Waals surface area contributed by atoms with Gasteiger partial charge in [0.15, 0.2) is 0 Å². The fraction of sp³-hybridized carbons (Fsp3) is 1.00. The summed E-state index contributed by atoms with van der Waals surface area (Å²) in [5.41, 5.74) is 0. The summed E-state index contributed by atoms with van der Waals surface area (Å²) >= 11 is 10.4. The van der Waals surface area contributed by atoms with Gasteiger partial charge in [0, 0.05) is 0 Å². The summed E-state index contributed by atoms with van der Waals surface area (Å²) in [4.78, 5) is 0. The van der Waals surface area contributed by atoms with Crippen molar-refractivity contribution in [2.75, 3.05) is 39.6 Å². The van der Waals surface area contributed by atoms with E-state index in [9.17, 15) is 0 Å². The van der Waals surface area contributed by atoms with E-state index in [2.05, 4.69) is 0 Å². The molecule has 0 saturated carbocycles. The van der Waals surface area contributed by atoms with Crippen molar-refractivity contribution in [1.82, 2.24) is 0 Å². The fourth-order valence-electron chi connectivity index (χ4n) is 1.17. The zero-order valence-corrected chi connectivity index (χ0v) is 18.4. The molecule has 4 N–H and O–H groups in total. The normalized spacial score (nSPS) is 14.6. The summed E-state index contributed by atoms with van der Waals surface area (Å²) in [7, 11) is 0. The predicted octanol–water partition coefficient (Wildman–Crippen LogP) is 1.29. The van der Waals surface area contributed by atoms with Gasteiger partial charge >= 0.3 is 13.4 Å². The maximum Gasteiger partial charge on any atom is 0.334 e. The lowest BCUT2D eigenvalue weighted by Gasteiger charge is -2.27. The molecule has 9 nitrogen and oxygen atoms in total. The lowest BCUT2D eigenvalue weighted by molar-refractivity contribution is -0.0388. The van der Waals surface area contributed by atoms with Crippen molar-refractivity contribution in [3.8, 4) is 0 Å². The second kappa shape index (κ2) is 15.9. The van der Waals surface area contributed by atoms with Gasteiger partial charge in [0.1, 0.15) is 12.2 Å². The lowest BCUT2D eigenvalue weighted by Crippen LogP contribution is -2.31. The zero-order valence-electron chi connectivity index (χ0n) is 14.9. The number of aliphatic hydroxyl groups excluding tert-OH is 4. The Kier molecular flexibility index (Phi) is 18.0. The minimum absolute atomic E-state index is 0.394. The van der Waals surface area contributed by atoms with Crippen molar-refractivity contribution in [2.45, 2.75) is 39.9 Å². The summed E-state index contributed by atoms with van der Waals surface area (Å²) < 4.78 is 26.9. The largest absolute Gasteiger partial charge is 0.394 e. The van der Waals surface area contributed by atoms with Crippen LogP contribution in [0, 0.1) is 0 Å². The summed E-state index contributed by atoms with van der Waals surface area (Å²) in [6.45, 7) is 2.03. The number of aliphatic hydroxyl groups is 4. The molecule has 154 valence electrons. The van der Waals surface area contributed by atoms with Crippen LogP contribution < -0.4 is 0 Å². The molecular formula is C12H30O9P2S2. The number of hydrogen-bond acceptors (Lipinski definition) is 11. The third-order valence-electron chi connectivity index (χ3n) is 2.17. The molecule has 0 bridgehead atoms. The van der Waals surface area contributed by atoms with Gasteiger partial charge in [-0.05, 0) is 51.3 Å². The lowest BCUT2D eigenvalue weighted by atomic mass is 10.2. The van der Waals surface area contributed by atoms with Gasteiger partial charge in [0.2, 0.25) is 0 Å². The zero-order chi connectivity index (χ0) is 19.9. The summed E-state index contributed by atoms with van der Waals surface area (Å²) in [6.07, 6.45) is -2.44. The van der Waals surface area contributed by atoms with E-state index in [0.717, 1.165) is 0 Å². The fourth-order valence-corrected chi connectivity index (χ4v) is 7.54. The Morgan fingerprint density at radius 1 is 0.680 bits per heavy atom. The molecule has 0 heterocycles. The Morgan fingerprint density at radius 2 is 0.920 bits per heavy atom. The Morgan fingerprint density at radius 3 is 1.08 bits per heavy atom. The van der Waals surface area contributed by atoms with Crippen LogP contribution >= 0.6 is 13.4 Å². The smallest absolute Gasteiger partial charge is 0.334 e. The second-order valence-corrected chi connectivity index (χ2v) is 10.3. The standard InChI is InChI=1S/C8H20O5P2S2.C4H10O4/c1-5-9-14(16,10-6-2)13-15(17,11-7-3)12-8-4;5-1-3(7)4(8)2-6/h5-8H2,1-4H3;3-8H,1-2H2/t;3-,4-/m.1/s1. The molecule has 0 aromatic carbocycles. The average molecular weight is 444 g/mol. The van der Waals surface area contributed by atoms with E-state index in [0.29, 0.717) is 26.4 Å². The molecule has 0 aliphatic heterocycles. The van der Waals surface area contributed by atoms with Crippen LogP contribution in [-0.4, -0.2) is 72.3 Å². The van der Waals surface area contributed by atoms with Crippen LogP contribution in [0.1, 0.15) is 27.7 Å². The first kappa shape index (κ1) is 28.2. The van der Waals surface area contributed by atoms with Crippen molar-refractivity contribution in [3.63, 3.8) is 0 Å². The first-order chi connectivity index (χ1) is 11.7.